The highest BCUT2D eigenvalue weighted by Gasteiger charge is 2.38. The number of aromatic nitrogens is 1. The van der Waals surface area contributed by atoms with Crippen molar-refractivity contribution in [2.24, 2.45) is 0 Å². The molecule has 0 aliphatic rings. The Kier molecular flexibility index (Phi) is 7.38. The zero-order chi connectivity index (χ0) is 26.3. The largest absolute Gasteiger partial charge is 0.496 e. The Morgan fingerprint density at radius 2 is 1.83 bits per heavy atom. The van der Waals surface area contributed by atoms with E-state index in [2.05, 4.69) is 0 Å². The van der Waals surface area contributed by atoms with Gasteiger partial charge in [-0.3, -0.25) is 9.36 Å². The zero-order valence-corrected chi connectivity index (χ0v) is 21.1. The molecule has 3 aromatic rings. The summed E-state index contributed by atoms with van der Waals surface area (Å²) in [7, 11) is 1.51. The number of nitrogens with zero attached hydrogens (tertiary/aromatic N) is 1. The van der Waals surface area contributed by atoms with Crippen molar-refractivity contribution in [3.8, 4) is 5.75 Å². The fourth-order valence-corrected chi connectivity index (χ4v) is 5.20. The number of carboxylic acids is 1. The van der Waals surface area contributed by atoms with E-state index in [9.17, 15) is 27.9 Å². The van der Waals surface area contributed by atoms with Gasteiger partial charge in [0.1, 0.15) is 16.2 Å². The number of rotatable bonds is 8. The Labute approximate surface area is 204 Å². The Bertz CT molecular complexity index is 1310. The fraction of sp³-hybridized carbons (Fsp3) is 0.440. The molecule has 1 N–H and O–H groups in total. The molecule has 3 rings (SSSR count). The van der Waals surface area contributed by atoms with E-state index >= 15 is 0 Å². The Morgan fingerprint density at radius 1 is 1.20 bits per heavy atom. The second kappa shape index (κ2) is 9.66. The SMILES string of the molecule is COc1ccccc1[C@H](Cc1cn(C(C)(C)C(=O)O)c(=O)c2c(C)c(C(F)(F)F)sc12)OC(C)C. The maximum absolute atomic E-state index is 13.8. The number of alkyl halides is 3. The molecule has 2 aromatic heterocycles. The molecule has 0 bridgehead atoms. The predicted molar refractivity (Wildman–Crippen MR) is 128 cm³/mol. The molecule has 10 heteroatoms. The van der Waals surface area contributed by atoms with Gasteiger partial charge in [-0.25, -0.2) is 4.79 Å². The normalized spacial score (nSPS) is 13.4. The molecule has 1 atom stereocenters. The van der Waals surface area contributed by atoms with Gasteiger partial charge in [0.05, 0.1) is 24.7 Å². The van der Waals surface area contributed by atoms with E-state index in [4.69, 9.17) is 9.47 Å². The van der Waals surface area contributed by atoms with Crippen molar-refractivity contribution >= 4 is 27.4 Å². The topological polar surface area (TPSA) is 77.8 Å². The molecule has 1 aromatic carbocycles. The number of hydrogen-bond acceptors (Lipinski definition) is 5. The molecule has 0 saturated heterocycles. The molecule has 0 amide bonds. The van der Waals surface area contributed by atoms with Crippen LogP contribution in [-0.2, 0) is 27.7 Å². The van der Waals surface area contributed by atoms with Crippen LogP contribution in [0.4, 0.5) is 13.2 Å². The molecule has 0 fully saturated rings. The number of ether oxygens (including phenoxy) is 2. The summed E-state index contributed by atoms with van der Waals surface area (Å²) < 4.78 is 54.1. The van der Waals surface area contributed by atoms with Gasteiger partial charge in [0.15, 0.2) is 0 Å². The summed E-state index contributed by atoms with van der Waals surface area (Å²) in [5.74, 6) is -0.736. The van der Waals surface area contributed by atoms with Crippen LogP contribution in [0.1, 0.15) is 55.4 Å². The maximum Gasteiger partial charge on any atom is 0.425 e. The minimum atomic E-state index is -4.65. The summed E-state index contributed by atoms with van der Waals surface area (Å²) in [6.07, 6.45) is -4.05. The number of carboxylic acid groups (broad SMARTS) is 1. The van der Waals surface area contributed by atoms with Crippen molar-refractivity contribution < 1.29 is 32.5 Å². The summed E-state index contributed by atoms with van der Waals surface area (Å²) in [6.45, 7) is 7.59. The van der Waals surface area contributed by atoms with Gasteiger partial charge < -0.3 is 14.6 Å². The Hall–Kier alpha value is -2.85. The average Bonchev–Trinajstić information content (AvgIpc) is 3.12. The lowest BCUT2D eigenvalue weighted by Gasteiger charge is -2.26. The van der Waals surface area contributed by atoms with Crippen LogP contribution >= 0.6 is 11.3 Å². The predicted octanol–water partition coefficient (Wildman–Crippen LogP) is 5.93. The number of hydrogen-bond donors (Lipinski definition) is 1. The molecule has 6 nitrogen and oxygen atoms in total. The van der Waals surface area contributed by atoms with Crippen molar-refractivity contribution in [2.45, 2.75) is 65.0 Å². The molecule has 35 heavy (non-hydrogen) atoms. The van der Waals surface area contributed by atoms with Crippen LogP contribution in [0.2, 0.25) is 0 Å². The number of aryl methyl sites for hydroxylation is 1. The van der Waals surface area contributed by atoms with Crippen LogP contribution in [-0.4, -0.2) is 28.9 Å². The second-order valence-corrected chi connectivity index (χ2v) is 10.1. The third kappa shape index (κ3) is 5.08. The summed E-state index contributed by atoms with van der Waals surface area (Å²) >= 11 is 0.493. The lowest BCUT2D eigenvalue weighted by Crippen LogP contribution is -2.42. The first kappa shape index (κ1) is 26.7. The smallest absolute Gasteiger partial charge is 0.425 e. The number of para-hydroxylation sites is 1. The Morgan fingerprint density at radius 3 is 2.37 bits per heavy atom. The first-order valence-corrected chi connectivity index (χ1v) is 11.8. The number of halogens is 3. The van der Waals surface area contributed by atoms with Gasteiger partial charge >= 0.3 is 12.1 Å². The molecule has 2 heterocycles. The molecule has 0 radical (unpaired) electrons. The number of aliphatic carboxylic acids is 1. The van der Waals surface area contributed by atoms with Crippen LogP contribution in [0.15, 0.2) is 35.3 Å². The van der Waals surface area contributed by atoms with Crippen molar-refractivity contribution in [1.29, 1.82) is 0 Å². The van der Waals surface area contributed by atoms with E-state index < -0.39 is 34.2 Å². The van der Waals surface area contributed by atoms with E-state index in [0.717, 1.165) is 4.57 Å². The molecular formula is C25H28F3NO5S. The van der Waals surface area contributed by atoms with E-state index in [0.29, 0.717) is 28.2 Å². The van der Waals surface area contributed by atoms with E-state index in [1.807, 2.05) is 13.8 Å². The monoisotopic (exact) mass is 511 g/mol. The van der Waals surface area contributed by atoms with Crippen LogP contribution in [0.3, 0.4) is 0 Å². The summed E-state index contributed by atoms with van der Waals surface area (Å²) in [4.78, 5) is 24.4. The number of carbonyl (C=O) groups is 1. The van der Waals surface area contributed by atoms with Gasteiger partial charge in [-0.15, -0.1) is 11.3 Å². The average molecular weight is 512 g/mol. The van der Waals surface area contributed by atoms with Gasteiger partial charge in [0.2, 0.25) is 0 Å². The van der Waals surface area contributed by atoms with Crippen molar-refractivity contribution in [3.63, 3.8) is 0 Å². The third-order valence-corrected chi connectivity index (χ3v) is 7.28. The zero-order valence-electron chi connectivity index (χ0n) is 20.3. The first-order valence-electron chi connectivity index (χ1n) is 11.0. The van der Waals surface area contributed by atoms with Gasteiger partial charge in [-0.05, 0) is 51.8 Å². The molecule has 0 aliphatic heterocycles. The maximum atomic E-state index is 13.8. The minimum Gasteiger partial charge on any atom is -0.496 e. The van der Waals surface area contributed by atoms with Crippen molar-refractivity contribution in [1.82, 2.24) is 4.57 Å². The molecule has 0 spiro atoms. The van der Waals surface area contributed by atoms with Gasteiger partial charge in [0, 0.05) is 22.9 Å². The molecule has 0 saturated carbocycles. The van der Waals surface area contributed by atoms with Crippen molar-refractivity contribution in [2.75, 3.05) is 7.11 Å². The summed E-state index contributed by atoms with van der Waals surface area (Å²) in [5.41, 5.74) is -1.60. The molecule has 190 valence electrons. The van der Waals surface area contributed by atoms with Gasteiger partial charge in [0.25, 0.3) is 5.56 Å². The lowest BCUT2D eigenvalue weighted by atomic mass is 9.98. The van der Waals surface area contributed by atoms with Gasteiger partial charge in [-0.2, -0.15) is 13.2 Å². The summed E-state index contributed by atoms with van der Waals surface area (Å²) in [6, 6.07) is 7.16. The molecule has 0 aliphatic carbocycles. The number of benzene rings is 1. The van der Waals surface area contributed by atoms with Crippen LogP contribution in [0.25, 0.3) is 10.1 Å². The lowest BCUT2D eigenvalue weighted by molar-refractivity contribution is -0.145. The summed E-state index contributed by atoms with van der Waals surface area (Å²) in [5, 5.41) is 9.63. The third-order valence-electron chi connectivity index (χ3n) is 5.87. The number of methoxy groups -OCH3 is 1. The van der Waals surface area contributed by atoms with Crippen LogP contribution < -0.4 is 10.3 Å². The van der Waals surface area contributed by atoms with Crippen LogP contribution in [0, 0.1) is 6.92 Å². The Balaban J connectivity index is 2.34. The highest BCUT2D eigenvalue weighted by Crippen LogP contribution is 2.43. The van der Waals surface area contributed by atoms with E-state index in [-0.39, 0.29) is 28.2 Å². The van der Waals surface area contributed by atoms with Crippen LogP contribution in [0.5, 0.6) is 5.75 Å². The van der Waals surface area contributed by atoms with E-state index in [1.165, 1.54) is 34.1 Å². The quantitative estimate of drug-likeness (QED) is 0.406. The first-order chi connectivity index (χ1) is 16.2. The highest BCUT2D eigenvalue weighted by molar-refractivity contribution is 7.19. The minimum absolute atomic E-state index is 0.0995. The fourth-order valence-electron chi connectivity index (χ4n) is 4.02. The number of fused-ring (bicyclic) bond motifs is 1. The van der Waals surface area contributed by atoms with Crippen molar-refractivity contribution in [3.05, 3.63) is 62.4 Å². The highest BCUT2D eigenvalue weighted by atomic mass is 32.1. The molecule has 0 unspecified atom stereocenters. The van der Waals surface area contributed by atoms with E-state index in [1.54, 1.807) is 24.3 Å². The number of thiophene rings is 1. The second-order valence-electron chi connectivity index (χ2n) is 9.07. The molecular weight excluding hydrogens is 483 g/mol. The van der Waals surface area contributed by atoms with Gasteiger partial charge in [-0.1, -0.05) is 18.2 Å². The standard InChI is InChI=1S/C25H28F3NO5S/c1-13(2)34-18(16-9-7-8-10-17(16)33-6)11-15-12-29(24(4,5)23(31)32)22(30)19-14(3)21(25(26,27)28)35-20(15)19/h7-10,12-13,18H,11H2,1-6H3,(H,31,32)/t18-/m0/s1. The number of pyridine rings is 1.